The SMILES string of the molecule is CCCCNC(=O)CSc1nc2ccccc2c(=O)n1-c1ccc(OC)c(Cl)c1. The summed E-state index contributed by atoms with van der Waals surface area (Å²) in [5.74, 6) is 0.588. The van der Waals surface area contributed by atoms with E-state index in [-0.39, 0.29) is 17.2 Å². The Morgan fingerprint density at radius 1 is 1.28 bits per heavy atom. The molecule has 29 heavy (non-hydrogen) atoms. The fourth-order valence-corrected chi connectivity index (χ4v) is 3.91. The van der Waals surface area contributed by atoms with E-state index in [4.69, 9.17) is 16.3 Å². The van der Waals surface area contributed by atoms with Crippen LogP contribution in [0.1, 0.15) is 19.8 Å². The lowest BCUT2D eigenvalue weighted by atomic mass is 10.2. The fourth-order valence-electron chi connectivity index (χ4n) is 2.82. The second kappa shape index (κ2) is 9.80. The first-order chi connectivity index (χ1) is 14.0. The number of unbranched alkanes of at least 4 members (excludes halogenated alkanes) is 1. The molecule has 0 fully saturated rings. The summed E-state index contributed by atoms with van der Waals surface area (Å²) in [6, 6.07) is 12.2. The van der Waals surface area contributed by atoms with Crippen molar-refractivity contribution in [2.24, 2.45) is 0 Å². The predicted octanol–water partition coefficient (Wildman–Crippen LogP) is 4.06. The van der Waals surface area contributed by atoms with E-state index in [9.17, 15) is 9.59 Å². The first-order valence-corrected chi connectivity index (χ1v) is 10.7. The maximum absolute atomic E-state index is 13.2. The van der Waals surface area contributed by atoms with Crippen molar-refractivity contribution in [3.8, 4) is 11.4 Å². The number of nitrogens with zero attached hydrogens (tertiary/aromatic N) is 2. The van der Waals surface area contributed by atoms with Gasteiger partial charge in [-0.1, -0.05) is 48.8 Å². The van der Waals surface area contributed by atoms with E-state index in [0.29, 0.717) is 39.1 Å². The van der Waals surface area contributed by atoms with Gasteiger partial charge >= 0.3 is 0 Å². The third kappa shape index (κ3) is 4.92. The minimum atomic E-state index is -0.217. The lowest BCUT2D eigenvalue weighted by molar-refractivity contribution is -0.118. The lowest BCUT2D eigenvalue weighted by Gasteiger charge is -2.14. The summed E-state index contributed by atoms with van der Waals surface area (Å²) in [5, 5.41) is 4.19. The number of rotatable bonds is 8. The monoisotopic (exact) mass is 431 g/mol. The predicted molar refractivity (Wildman–Crippen MR) is 118 cm³/mol. The zero-order valence-corrected chi connectivity index (χ0v) is 17.8. The normalized spacial score (nSPS) is 10.9. The van der Waals surface area contributed by atoms with E-state index < -0.39 is 0 Å². The summed E-state index contributed by atoms with van der Waals surface area (Å²) in [4.78, 5) is 30.0. The molecule has 1 aromatic heterocycles. The van der Waals surface area contributed by atoms with Gasteiger partial charge in [0.1, 0.15) is 5.75 Å². The molecule has 0 aliphatic rings. The van der Waals surface area contributed by atoms with Crippen LogP contribution in [0, 0.1) is 0 Å². The lowest BCUT2D eigenvalue weighted by Crippen LogP contribution is -2.27. The third-order valence-electron chi connectivity index (χ3n) is 4.32. The highest BCUT2D eigenvalue weighted by atomic mass is 35.5. The van der Waals surface area contributed by atoms with Crippen LogP contribution < -0.4 is 15.6 Å². The Morgan fingerprint density at radius 2 is 2.07 bits per heavy atom. The largest absolute Gasteiger partial charge is 0.495 e. The van der Waals surface area contributed by atoms with Gasteiger partial charge in [-0.15, -0.1) is 0 Å². The van der Waals surface area contributed by atoms with Gasteiger partial charge in [0.2, 0.25) is 5.91 Å². The topological polar surface area (TPSA) is 73.2 Å². The molecule has 0 radical (unpaired) electrons. The third-order valence-corrected chi connectivity index (χ3v) is 5.56. The number of nitrogens with one attached hydrogen (secondary N) is 1. The first-order valence-electron chi connectivity index (χ1n) is 9.30. The van der Waals surface area contributed by atoms with Crippen LogP contribution in [-0.4, -0.2) is 34.9 Å². The number of ether oxygens (including phenoxy) is 1. The highest BCUT2D eigenvalue weighted by Gasteiger charge is 2.16. The molecule has 0 unspecified atom stereocenters. The summed E-state index contributed by atoms with van der Waals surface area (Å²) < 4.78 is 6.68. The summed E-state index contributed by atoms with van der Waals surface area (Å²) in [6.45, 7) is 2.71. The van der Waals surface area contributed by atoms with Crippen LogP contribution in [0.5, 0.6) is 5.75 Å². The number of benzene rings is 2. The number of fused-ring (bicyclic) bond motifs is 1. The summed E-state index contributed by atoms with van der Waals surface area (Å²) >= 11 is 7.49. The molecular formula is C21H22ClN3O3S. The Morgan fingerprint density at radius 3 is 2.79 bits per heavy atom. The Bertz CT molecular complexity index is 1080. The summed E-state index contributed by atoms with van der Waals surface area (Å²) in [5.41, 5.74) is 0.931. The van der Waals surface area contributed by atoms with Gasteiger partial charge < -0.3 is 10.1 Å². The van der Waals surface area contributed by atoms with Crippen LogP contribution in [0.2, 0.25) is 5.02 Å². The van der Waals surface area contributed by atoms with Crippen molar-refractivity contribution in [1.82, 2.24) is 14.9 Å². The van der Waals surface area contributed by atoms with Crippen molar-refractivity contribution in [3.05, 3.63) is 57.8 Å². The second-order valence-corrected chi connectivity index (χ2v) is 7.71. The van der Waals surface area contributed by atoms with Gasteiger partial charge in [0.25, 0.3) is 5.56 Å². The average Bonchev–Trinajstić information content (AvgIpc) is 2.72. The van der Waals surface area contributed by atoms with Crippen molar-refractivity contribution in [3.63, 3.8) is 0 Å². The van der Waals surface area contributed by atoms with Crippen LogP contribution >= 0.6 is 23.4 Å². The Kier molecular flexibility index (Phi) is 7.17. The van der Waals surface area contributed by atoms with Crippen LogP contribution in [0.4, 0.5) is 0 Å². The average molecular weight is 432 g/mol. The molecule has 0 aliphatic carbocycles. The van der Waals surface area contributed by atoms with E-state index >= 15 is 0 Å². The zero-order valence-electron chi connectivity index (χ0n) is 16.3. The molecule has 0 atom stereocenters. The second-order valence-electron chi connectivity index (χ2n) is 6.36. The molecule has 3 aromatic rings. The quantitative estimate of drug-likeness (QED) is 0.331. The molecular weight excluding hydrogens is 410 g/mol. The van der Waals surface area contributed by atoms with Gasteiger partial charge in [-0.3, -0.25) is 14.2 Å². The van der Waals surface area contributed by atoms with Gasteiger partial charge in [0.15, 0.2) is 5.16 Å². The molecule has 0 aliphatic heterocycles. The molecule has 1 amide bonds. The fraction of sp³-hybridized carbons (Fsp3) is 0.286. The molecule has 6 nitrogen and oxygen atoms in total. The van der Waals surface area contributed by atoms with E-state index in [0.717, 1.165) is 12.8 Å². The summed E-state index contributed by atoms with van der Waals surface area (Å²) in [7, 11) is 1.53. The number of halogens is 1. The number of carbonyl (C=O) groups excluding carboxylic acids is 1. The Balaban J connectivity index is 2.01. The maximum atomic E-state index is 13.2. The van der Waals surface area contributed by atoms with E-state index in [1.54, 1.807) is 36.4 Å². The number of thioether (sulfide) groups is 1. The van der Waals surface area contributed by atoms with Crippen LogP contribution in [-0.2, 0) is 4.79 Å². The standard InChI is InChI=1S/C21H22ClN3O3S/c1-3-4-11-23-19(26)13-29-21-24-17-8-6-5-7-15(17)20(27)25(21)14-9-10-18(28-2)16(22)12-14/h5-10,12H,3-4,11,13H2,1-2H3,(H,23,26). The Hall–Kier alpha value is -2.51. The van der Waals surface area contributed by atoms with E-state index in [2.05, 4.69) is 17.2 Å². The summed E-state index contributed by atoms with van der Waals surface area (Å²) in [6.07, 6.45) is 1.94. The molecule has 1 N–H and O–H groups in total. The van der Waals surface area contributed by atoms with Gasteiger partial charge in [0.05, 0.1) is 34.5 Å². The first kappa shape index (κ1) is 21.2. The van der Waals surface area contributed by atoms with Gasteiger partial charge in [-0.05, 0) is 36.8 Å². The highest BCUT2D eigenvalue weighted by Crippen LogP contribution is 2.28. The molecule has 3 rings (SSSR count). The molecule has 152 valence electrons. The number of aromatic nitrogens is 2. The van der Waals surface area contributed by atoms with Crippen molar-refractivity contribution in [2.75, 3.05) is 19.4 Å². The smallest absolute Gasteiger partial charge is 0.266 e. The van der Waals surface area contributed by atoms with Gasteiger partial charge in [-0.2, -0.15) is 0 Å². The van der Waals surface area contributed by atoms with Crippen LogP contribution in [0.25, 0.3) is 16.6 Å². The number of para-hydroxylation sites is 1. The van der Waals surface area contributed by atoms with Crippen LogP contribution in [0.15, 0.2) is 52.4 Å². The minimum absolute atomic E-state index is 0.0924. The highest BCUT2D eigenvalue weighted by molar-refractivity contribution is 7.99. The molecule has 2 aromatic carbocycles. The van der Waals surface area contributed by atoms with Crippen molar-refractivity contribution in [2.45, 2.75) is 24.9 Å². The molecule has 1 heterocycles. The number of carbonyl (C=O) groups is 1. The van der Waals surface area contributed by atoms with Crippen molar-refractivity contribution < 1.29 is 9.53 Å². The molecule has 0 saturated heterocycles. The van der Waals surface area contributed by atoms with E-state index in [1.165, 1.54) is 23.4 Å². The van der Waals surface area contributed by atoms with Crippen molar-refractivity contribution in [1.29, 1.82) is 0 Å². The van der Waals surface area contributed by atoms with Gasteiger partial charge in [0, 0.05) is 6.54 Å². The van der Waals surface area contributed by atoms with Gasteiger partial charge in [-0.25, -0.2) is 4.98 Å². The van der Waals surface area contributed by atoms with E-state index in [1.807, 2.05) is 6.07 Å². The number of hydrogen-bond acceptors (Lipinski definition) is 5. The molecule has 8 heteroatoms. The molecule has 0 bridgehead atoms. The van der Waals surface area contributed by atoms with Crippen LogP contribution in [0.3, 0.4) is 0 Å². The molecule has 0 spiro atoms. The molecule has 0 saturated carbocycles. The minimum Gasteiger partial charge on any atom is -0.495 e. The zero-order chi connectivity index (χ0) is 20.8. The number of methoxy groups -OCH3 is 1. The number of hydrogen-bond donors (Lipinski definition) is 1. The number of amides is 1. The van der Waals surface area contributed by atoms with Crippen molar-refractivity contribution >= 4 is 40.2 Å². The Labute approximate surface area is 178 Å². The maximum Gasteiger partial charge on any atom is 0.266 e.